The van der Waals surface area contributed by atoms with Gasteiger partial charge in [0.25, 0.3) is 0 Å². The summed E-state index contributed by atoms with van der Waals surface area (Å²) in [6.07, 6.45) is 16.6. The van der Waals surface area contributed by atoms with Crippen molar-refractivity contribution in [2.24, 2.45) is 0 Å². The highest BCUT2D eigenvalue weighted by atomic mass is 16.3. The number of nitrogens with one attached hydrogen (secondary N) is 1. The van der Waals surface area contributed by atoms with Crippen LogP contribution in [0.2, 0.25) is 0 Å². The Morgan fingerprint density at radius 3 is 1.89 bits per heavy atom. The second kappa shape index (κ2) is 15.4. The van der Waals surface area contributed by atoms with Crippen molar-refractivity contribution in [2.45, 2.75) is 110 Å². The molecule has 1 amide bonds. The lowest BCUT2D eigenvalue weighted by Crippen LogP contribution is -2.11. The van der Waals surface area contributed by atoms with E-state index in [1.807, 2.05) is 0 Å². The summed E-state index contributed by atoms with van der Waals surface area (Å²) in [5.74, 6) is 0.0368. The number of amides is 1. The van der Waals surface area contributed by atoms with Crippen molar-refractivity contribution in [1.82, 2.24) is 0 Å². The van der Waals surface area contributed by atoms with E-state index < -0.39 is 6.10 Å². The molecule has 0 bridgehead atoms. The Morgan fingerprint density at radius 2 is 1.39 bits per heavy atom. The number of phenolic OH excluding ortho intramolecular Hbond substituents is 1. The Balaban J connectivity index is 2.00. The number of phenols is 1. The van der Waals surface area contributed by atoms with Crippen LogP contribution in [0.15, 0.2) is 18.2 Å². The fourth-order valence-corrected chi connectivity index (χ4v) is 3.49. The Labute approximate surface area is 171 Å². The number of unbranched alkanes of at least 4 members (excludes halogenated alkanes) is 12. The molecule has 0 heterocycles. The Kier molecular flexibility index (Phi) is 13.5. The van der Waals surface area contributed by atoms with Gasteiger partial charge in [-0.2, -0.15) is 0 Å². The highest BCUT2D eigenvalue weighted by Gasteiger charge is 2.09. The van der Waals surface area contributed by atoms with Crippen LogP contribution in [0.4, 0.5) is 5.69 Å². The largest absolute Gasteiger partial charge is 0.508 e. The minimum atomic E-state index is -0.766. The number of aliphatic hydroxyl groups is 1. The van der Waals surface area contributed by atoms with Gasteiger partial charge in [-0.15, -0.1) is 0 Å². The van der Waals surface area contributed by atoms with Gasteiger partial charge in [0.05, 0.1) is 6.10 Å². The van der Waals surface area contributed by atoms with E-state index in [4.69, 9.17) is 0 Å². The maximum Gasteiger partial charge on any atom is 0.224 e. The third kappa shape index (κ3) is 11.3. The summed E-state index contributed by atoms with van der Waals surface area (Å²) in [6, 6.07) is 4.79. The van der Waals surface area contributed by atoms with Gasteiger partial charge in [0.2, 0.25) is 5.91 Å². The van der Waals surface area contributed by atoms with E-state index in [1.165, 1.54) is 76.7 Å². The molecule has 1 aromatic rings. The number of hydrogen-bond donors (Lipinski definition) is 3. The highest BCUT2D eigenvalue weighted by molar-refractivity contribution is 5.90. The van der Waals surface area contributed by atoms with Crippen molar-refractivity contribution in [2.75, 3.05) is 5.32 Å². The number of hydrogen-bond acceptors (Lipinski definition) is 3. The molecule has 0 aliphatic heterocycles. The van der Waals surface area contributed by atoms with Crippen molar-refractivity contribution in [1.29, 1.82) is 0 Å². The lowest BCUT2D eigenvalue weighted by molar-refractivity contribution is -0.116. The van der Waals surface area contributed by atoms with Crippen molar-refractivity contribution < 1.29 is 15.0 Å². The summed E-state index contributed by atoms with van der Waals surface area (Å²) in [5, 5.41) is 22.2. The molecule has 4 nitrogen and oxygen atoms in total. The summed E-state index contributed by atoms with van der Waals surface area (Å²) < 4.78 is 0. The number of carbonyl (C=O) groups excluding carboxylic acids is 1. The average molecular weight is 392 g/mol. The molecule has 0 saturated carbocycles. The second-order valence-corrected chi connectivity index (χ2v) is 7.99. The number of aliphatic hydroxyl groups excluding tert-OH is 1. The molecular formula is C24H41NO3. The van der Waals surface area contributed by atoms with E-state index in [0.29, 0.717) is 17.7 Å². The van der Waals surface area contributed by atoms with E-state index in [-0.39, 0.29) is 11.7 Å². The van der Waals surface area contributed by atoms with Crippen molar-refractivity contribution >= 4 is 11.6 Å². The van der Waals surface area contributed by atoms with E-state index >= 15 is 0 Å². The summed E-state index contributed by atoms with van der Waals surface area (Å²) >= 11 is 0. The molecule has 3 N–H and O–H groups in total. The second-order valence-electron chi connectivity index (χ2n) is 7.99. The first kappa shape index (κ1) is 24.5. The molecule has 1 unspecified atom stereocenters. The van der Waals surface area contributed by atoms with Crippen LogP contribution in [0.25, 0.3) is 0 Å². The predicted octanol–water partition coefficient (Wildman–Crippen LogP) is 6.87. The van der Waals surface area contributed by atoms with Crippen molar-refractivity contribution in [3.8, 4) is 5.75 Å². The highest BCUT2D eigenvalue weighted by Crippen LogP contribution is 2.27. The number of rotatable bonds is 16. The smallest absolute Gasteiger partial charge is 0.224 e. The van der Waals surface area contributed by atoms with Gasteiger partial charge < -0.3 is 15.5 Å². The zero-order valence-corrected chi connectivity index (χ0v) is 18.0. The molecular weight excluding hydrogens is 350 g/mol. The molecule has 0 aliphatic rings. The van der Waals surface area contributed by atoms with Gasteiger partial charge >= 0.3 is 0 Å². The zero-order valence-electron chi connectivity index (χ0n) is 18.0. The van der Waals surface area contributed by atoms with Crippen LogP contribution in [0, 0.1) is 0 Å². The van der Waals surface area contributed by atoms with E-state index in [9.17, 15) is 15.0 Å². The molecule has 0 saturated heterocycles. The minimum Gasteiger partial charge on any atom is -0.508 e. The molecule has 0 radical (unpaired) electrons. The molecule has 1 atom stereocenters. The van der Waals surface area contributed by atoms with Gasteiger partial charge in [0, 0.05) is 17.7 Å². The third-order valence-corrected chi connectivity index (χ3v) is 5.27. The predicted molar refractivity (Wildman–Crippen MR) is 118 cm³/mol. The van der Waals surface area contributed by atoms with Gasteiger partial charge in [0.1, 0.15) is 5.75 Å². The first-order chi connectivity index (χ1) is 13.5. The molecule has 0 aromatic heterocycles. The van der Waals surface area contributed by atoms with Crippen LogP contribution in [0.3, 0.4) is 0 Å². The van der Waals surface area contributed by atoms with Crippen LogP contribution in [0.1, 0.15) is 115 Å². The zero-order chi connectivity index (χ0) is 20.6. The fraction of sp³-hybridized carbons (Fsp3) is 0.708. The van der Waals surface area contributed by atoms with Gasteiger partial charge in [0.15, 0.2) is 0 Å². The maximum atomic E-state index is 12.0. The molecule has 28 heavy (non-hydrogen) atoms. The quantitative estimate of drug-likeness (QED) is 0.213. The summed E-state index contributed by atoms with van der Waals surface area (Å²) in [6.45, 7) is 3.85. The molecule has 1 aromatic carbocycles. The van der Waals surface area contributed by atoms with Gasteiger partial charge in [-0.3, -0.25) is 4.79 Å². The van der Waals surface area contributed by atoms with Crippen molar-refractivity contribution in [3.63, 3.8) is 0 Å². The van der Waals surface area contributed by atoms with Crippen LogP contribution in [-0.4, -0.2) is 16.1 Å². The van der Waals surface area contributed by atoms with E-state index in [1.54, 1.807) is 19.1 Å². The number of aromatic hydroxyl groups is 1. The first-order valence-corrected chi connectivity index (χ1v) is 11.4. The molecule has 0 fully saturated rings. The normalized spacial score (nSPS) is 12.1. The van der Waals surface area contributed by atoms with Crippen molar-refractivity contribution in [3.05, 3.63) is 23.8 Å². The van der Waals surface area contributed by atoms with Crippen LogP contribution < -0.4 is 5.32 Å². The van der Waals surface area contributed by atoms with E-state index in [2.05, 4.69) is 12.2 Å². The molecule has 160 valence electrons. The average Bonchev–Trinajstić information content (AvgIpc) is 2.66. The van der Waals surface area contributed by atoms with Crippen LogP contribution in [0.5, 0.6) is 5.75 Å². The molecule has 4 heteroatoms. The number of benzene rings is 1. The standard InChI is InChI=1S/C24H41NO3/c1-3-4-5-6-7-8-9-10-11-12-13-14-15-16-24(28)25-21-17-18-23(27)22(19-21)20(2)26/h17-20,26-27H,3-16H2,1-2H3,(H,25,28). The Bertz CT molecular complexity index is 543. The van der Waals surface area contributed by atoms with Gasteiger partial charge in [-0.05, 0) is 31.5 Å². The number of carbonyl (C=O) groups is 1. The lowest BCUT2D eigenvalue weighted by Gasteiger charge is -2.11. The van der Waals surface area contributed by atoms with E-state index in [0.717, 1.165) is 12.8 Å². The monoisotopic (exact) mass is 391 g/mol. The first-order valence-electron chi connectivity index (χ1n) is 11.4. The summed E-state index contributed by atoms with van der Waals surface area (Å²) in [4.78, 5) is 12.0. The maximum absolute atomic E-state index is 12.0. The fourth-order valence-electron chi connectivity index (χ4n) is 3.49. The Hall–Kier alpha value is -1.55. The molecule has 0 spiro atoms. The number of anilines is 1. The SMILES string of the molecule is CCCCCCCCCCCCCCCC(=O)Nc1ccc(O)c(C(C)O)c1. The van der Waals surface area contributed by atoms with Gasteiger partial charge in [-0.1, -0.05) is 84.0 Å². The van der Waals surface area contributed by atoms with Gasteiger partial charge in [-0.25, -0.2) is 0 Å². The lowest BCUT2D eigenvalue weighted by atomic mass is 10.0. The minimum absolute atomic E-state index is 0.00898. The van der Waals surface area contributed by atoms with Crippen LogP contribution >= 0.6 is 0 Å². The third-order valence-electron chi connectivity index (χ3n) is 5.27. The molecule has 0 aliphatic carbocycles. The summed E-state index contributed by atoms with van der Waals surface area (Å²) in [7, 11) is 0. The Morgan fingerprint density at radius 1 is 0.893 bits per heavy atom. The summed E-state index contributed by atoms with van der Waals surface area (Å²) in [5.41, 5.74) is 1.05. The van der Waals surface area contributed by atoms with Crippen LogP contribution in [-0.2, 0) is 4.79 Å². The topological polar surface area (TPSA) is 69.6 Å². The molecule has 1 rings (SSSR count).